The van der Waals surface area contributed by atoms with E-state index < -0.39 is 5.97 Å². The first-order valence-electron chi connectivity index (χ1n) is 7.89. The predicted molar refractivity (Wildman–Crippen MR) is 82.8 cm³/mol. The predicted octanol–water partition coefficient (Wildman–Crippen LogP) is 4.33. The molecule has 1 aromatic carbocycles. The Morgan fingerprint density at radius 2 is 1.86 bits per heavy atom. The Morgan fingerprint density at radius 1 is 1.19 bits per heavy atom. The molecule has 112 valence electrons. The largest absolute Gasteiger partial charge is 0.478 e. The Hall–Kier alpha value is -1.84. The SMILES string of the molecule is Cc1nc2c(C(=O)O)cccc2n1C1CCCCCCC1. The Morgan fingerprint density at radius 3 is 2.52 bits per heavy atom. The molecule has 0 aliphatic heterocycles. The van der Waals surface area contributed by atoms with Crippen molar-refractivity contribution in [3.63, 3.8) is 0 Å². The van der Waals surface area contributed by atoms with Crippen molar-refractivity contribution in [1.82, 2.24) is 9.55 Å². The molecule has 2 aromatic rings. The van der Waals surface area contributed by atoms with Crippen LogP contribution in [0, 0.1) is 6.92 Å². The minimum absolute atomic E-state index is 0.306. The van der Waals surface area contributed by atoms with Crippen LogP contribution in [0.3, 0.4) is 0 Å². The highest BCUT2D eigenvalue weighted by molar-refractivity contribution is 6.01. The highest BCUT2D eigenvalue weighted by atomic mass is 16.4. The van der Waals surface area contributed by atoms with Crippen LogP contribution in [0.2, 0.25) is 0 Å². The van der Waals surface area contributed by atoms with E-state index in [1.165, 1.54) is 44.9 Å². The zero-order valence-corrected chi connectivity index (χ0v) is 12.5. The lowest BCUT2D eigenvalue weighted by Crippen LogP contribution is -2.12. The fourth-order valence-corrected chi connectivity index (χ4v) is 3.56. The topological polar surface area (TPSA) is 55.1 Å². The van der Waals surface area contributed by atoms with E-state index in [4.69, 9.17) is 0 Å². The molecule has 4 nitrogen and oxygen atoms in total. The lowest BCUT2D eigenvalue weighted by molar-refractivity contribution is 0.0699. The number of fused-ring (bicyclic) bond motifs is 1. The first-order valence-corrected chi connectivity index (χ1v) is 7.89. The third-order valence-electron chi connectivity index (χ3n) is 4.57. The Kier molecular flexibility index (Phi) is 3.95. The molecule has 1 aliphatic carbocycles. The van der Waals surface area contributed by atoms with Crippen molar-refractivity contribution in [3.8, 4) is 0 Å². The minimum Gasteiger partial charge on any atom is -0.478 e. The molecule has 1 fully saturated rings. The van der Waals surface area contributed by atoms with Crippen molar-refractivity contribution in [2.75, 3.05) is 0 Å². The first kappa shape index (κ1) is 14.1. The number of hydrogen-bond acceptors (Lipinski definition) is 2. The number of nitrogens with zero attached hydrogens (tertiary/aromatic N) is 2. The number of aryl methyl sites for hydroxylation is 1. The number of carboxylic acids is 1. The van der Waals surface area contributed by atoms with E-state index >= 15 is 0 Å². The number of carbonyl (C=O) groups is 1. The lowest BCUT2D eigenvalue weighted by Gasteiger charge is -2.23. The van der Waals surface area contributed by atoms with Crippen LogP contribution in [-0.4, -0.2) is 20.6 Å². The number of imidazole rings is 1. The normalized spacial score (nSPS) is 17.6. The van der Waals surface area contributed by atoms with Crippen LogP contribution >= 0.6 is 0 Å². The summed E-state index contributed by atoms with van der Waals surface area (Å²) in [6, 6.07) is 5.92. The second-order valence-corrected chi connectivity index (χ2v) is 6.01. The van der Waals surface area contributed by atoms with Gasteiger partial charge >= 0.3 is 5.97 Å². The van der Waals surface area contributed by atoms with E-state index in [-0.39, 0.29) is 0 Å². The molecule has 0 saturated heterocycles. The summed E-state index contributed by atoms with van der Waals surface area (Å²) in [4.78, 5) is 15.9. The van der Waals surface area contributed by atoms with Gasteiger partial charge in [-0.1, -0.05) is 38.2 Å². The molecule has 0 amide bonds. The first-order chi connectivity index (χ1) is 10.2. The van der Waals surface area contributed by atoms with Crippen molar-refractivity contribution < 1.29 is 9.90 Å². The third kappa shape index (κ3) is 2.67. The highest BCUT2D eigenvalue weighted by Crippen LogP contribution is 2.31. The van der Waals surface area contributed by atoms with Gasteiger partial charge in [-0.3, -0.25) is 0 Å². The summed E-state index contributed by atoms with van der Waals surface area (Å²) in [6.45, 7) is 1.99. The maximum absolute atomic E-state index is 11.4. The van der Waals surface area contributed by atoms with Crippen molar-refractivity contribution in [3.05, 3.63) is 29.6 Å². The summed E-state index contributed by atoms with van der Waals surface area (Å²) in [6.07, 6.45) is 8.81. The van der Waals surface area contributed by atoms with Crippen molar-refractivity contribution in [2.24, 2.45) is 0 Å². The molecule has 1 saturated carbocycles. The zero-order valence-electron chi connectivity index (χ0n) is 12.5. The summed E-state index contributed by atoms with van der Waals surface area (Å²) < 4.78 is 2.27. The van der Waals surface area contributed by atoms with Gasteiger partial charge in [0.25, 0.3) is 0 Å². The summed E-state index contributed by atoms with van der Waals surface area (Å²) in [7, 11) is 0. The molecule has 1 aromatic heterocycles. The Balaban J connectivity index is 2.07. The van der Waals surface area contributed by atoms with Crippen LogP contribution in [0.1, 0.15) is 67.2 Å². The number of aromatic nitrogens is 2. The molecular formula is C17H22N2O2. The molecule has 0 radical (unpaired) electrons. The minimum atomic E-state index is -0.900. The van der Waals surface area contributed by atoms with Gasteiger partial charge in [0, 0.05) is 6.04 Å². The average molecular weight is 286 g/mol. The summed E-state index contributed by atoms with van der Waals surface area (Å²) in [5.74, 6) is 0.0344. The second-order valence-electron chi connectivity index (χ2n) is 6.01. The fraction of sp³-hybridized carbons (Fsp3) is 0.529. The molecule has 0 unspecified atom stereocenters. The Bertz CT molecular complexity index is 652. The molecule has 0 spiro atoms. The number of hydrogen-bond donors (Lipinski definition) is 1. The standard InChI is InChI=1S/C17H22N2O2/c1-12-18-16-14(17(20)21)10-7-11-15(16)19(12)13-8-5-3-2-4-6-9-13/h7,10-11,13H,2-6,8-9H2,1H3,(H,20,21). The van der Waals surface area contributed by atoms with Gasteiger partial charge in [-0.2, -0.15) is 0 Å². The van der Waals surface area contributed by atoms with E-state index in [1.807, 2.05) is 19.1 Å². The average Bonchev–Trinajstić information content (AvgIpc) is 2.74. The van der Waals surface area contributed by atoms with Crippen LogP contribution in [-0.2, 0) is 0 Å². The molecule has 4 heteroatoms. The second kappa shape index (κ2) is 5.88. The van der Waals surface area contributed by atoms with Crippen molar-refractivity contribution >= 4 is 17.0 Å². The van der Waals surface area contributed by atoms with Crippen LogP contribution < -0.4 is 0 Å². The number of rotatable bonds is 2. The molecule has 0 atom stereocenters. The number of carboxylic acid groups (broad SMARTS) is 1. The maximum Gasteiger partial charge on any atom is 0.337 e. The summed E-state index contributed by atoms with van der Waals surface area (Å²) in [5, 5.41) is 9.33. The monoisotopic (exact) mass is 286 g/mol. The van der Waals surface area contributed by atoms with Gasteiger partial charge in [0.2, 0.25) is 0 Å². The molecule has 1 heterocycles. The van der Waals surface area contributed by atoms with Gasteiger partial charge in [0.05, 0.1) is 11.1 Å². The molecule has 21 heavy (non-hydrogen) atoms. The van der Waals surface area contributed by atoms with E-state index in [9.17, 15) is 9.90 Å². The van der Waals surface area contributed by atoms with Gasteiger partial charge in [0.1, 0.15) is 11.3 Å². The van der Waals surface area contributed by atoms with Crippen molar-refractivity contribution in [2.45, 2.75) is 57.9 Å². The van der Waals surface area contributed by atoms with Crippen LogP contribution in [0.5, 0.6) is 0 Å². The third-order valence-corrected chi connectivity index (χ3v) is 4.57. The highest BCUT2D eigenvalue weighted by Gasteiger charge is 2.20. The van der Waals surface area contributed by atoms with Crippen molar-refractivity contribution in [1.29, 1.82) is 0 Å². The van der Waals surface area contributed by atoms with Crippen LogP contribution in [0.15, 0.2) is 18.2 Å². The zero-order chi connectivity index (χ0) is 14.8. The van der Waals surface area contributed by atoms with Gasteiger partial charge in [-0.05, 0) is 31.9 Å². The summed E-state index contributed by atoms with van der Waals surface area (Å²) in [5.41, 5.74) is 1.91. The van der Waals surface area contributed by atoms with E-state index in [2.05, 4.69) is 9.55 Å². The van der Waals surface area contributed by atoms with Crippen LogP contribution in [0.25, 0.3) is 11.0 Å². The smallest absolute Gasteiger partial charge is 0.337 e. The fourth-order valence-electron chi connectivity index (χ4n) is 3.56. The van der Waals surface area contributed by atoms with E-state index in [1.54, 1.807) is 6.07 Å². The molecular weight excluding hydrogens is 264 g/mol. The van der Waals surface area contributed by atoms with Gasteiger partial charge in [-0.25, -0.2) is 9.78 Å². The maximum atomic E-state index is 11.4. The van der Waals surface area contributed by atoms with E-state index in [0.717, 1.165) is 11.3 Å². The molecule has 0 bridgehead atoms. The number of aromatic carboxylic acids is 1. The van der Waals surface area contributed by atoms with Crippen LogP contribution in [0.4, 0.5) is 0 Å². The van der Waals surface area contributed by atoms with Gasteiger partial charge in [-0.15, -0.1) is 0 Å². The van der Waals surface area contributed by atoms with Gasteiger partial charge in [0.15, 0.2) is 0 Å². The molecule has 1 aliphatic rings. The molecule has 1 N–H and O–H groups in total. The number of para-hydroxylation sites is 1. The van der Waals surface area contributed by atoms with E-state index in [0.29, 0.717) is 17.1 Å². The van der Waals surface area contributed by atoms with Gasteiger partial charge < -0.3 is 9.67 Å². The quantitative estimate of drug-likeness (QED) is 0.894. The Labute approximate surface area is 124 Å². The lowest BCUT2D eigenvalue weighted by atomic mass is 9.96. The summed E-state index contributed by atoms with van der Waals surface area (Å²) >= 11 is 0. The number of benzene rings is 1. The molecule has 3 rings (SSSR count).